The molecule has 1 aromatic heterocycles. The molecule has 0 radical (unpaired) electrons. The van der Waals surface area contributed by atoms with Crippen molar-refractivity contribution in [2.45, 2.75) is 0 Å². The first-order valence-electron chi connectivity index (χ1n) is 6.54. The van der Waals surface area contributed by atoms with Crippen LogP contribution < -0.4 is 5.32 Å². The molecule has 2 aromatic carbocycles. The number of hydrogen-bond acceptors (Lipinski definition) is 4. The molecular weight excluding hydrogens is 285 g/mol. The maximum absolute atomic E-state index is 13.6. The van der Waals surface area contributed by atoms with Gasteiger partial charge in [-0.15, -0.1) is 5.10 Å². The number of tetrazole rings is 1. The van der Waals surface area contributed by atoms with Gasteiger partial charge in [-0.1, -0.05) is 12.1 Å². The molecular formula is C15H12FN5O. The van der Waals surface area contributed by atoms with Crippen molar-refractivity contribution in [3.8, 4) is 11.4 Å². The van der Waals surface area contributed by atoms with E-state index in [0.29, 0.717) is 11.5 Å². The molecule has 0 bridgehead atoms. The number of rotatable bonds is 3. The lowest BCUT2D eigenvalue weighted by atomic mass is 10.1. The van der Waals surface area contributed by atoms with Crippen LogP contribution in [-0.2, 0) is 7.05 Å². The van der Waals surface area contributed by atoms with Crippen LogP contribution >= 0.6 is 0 Å². The largest absolute Gasteiger partial charge is 0.322 e. The van der Waals surface area contributed by atoms with Crippen molar-refractivity contribution in [3.63, 3.8) is 0 Å². The van der Waals surface area contributed by atoms with E-state index in [1.807, 2.05) is 0 Å². The highest BCUT2D eigenvalue weighted by atomic mass is 19.1. The molecule has 0 unspecified atom stereocenters. The van der Waals surface area contributed by atoms with Crippen LogP contribution in [0.4, 0.5) is 10.1 Å². The van der Waals surface area contributed by atoms with Gasteiger partial charge in [0.15, 0.2) is 5.82 Å². The zero-order chi connectivity index (χ0) is 15.5. The van der Waals surface area contributed by atoms with E-state index < -0.39 is 11.7 Å². The second-order valence-electron chi connectivity index (χ2n) is 4.64. The molecule has 7 heteroatoms. The van der Waals surface area contributed by atoms with Gasteiger partial charge >= 0.3 is 0 Å². The Bertz CT molecular complexity index is 813. The van der Waals surface area contributed by atoms with E-state index in [1.54, 1.807) is 42.1 Å². The van der Waals surface area contributed by atoms with Crippen molar-refractivity contribution >= 4 is 11.6 Å². The fourth-order valence-corrected chi connectivity index (χ4v) is 2.02. The molecule has 0 saturated heterocycles. The molecule has 0 aliphatic rings. The highest BCUT2D eigenvalue weighted by molar-refractivity contribution is 6.04. The fraction of sp³-hybridized carbons (Fsp3) is 0.0667. The van der Waals surface area contributed by atoms with Crippen molar-refractivity contribution in [1.29, 1.82) is 0 Å². The van der Waals surface area contributed by atoms with Crippen LogP contribution in [0.5, 0.6) is 0 Å². The lowest BCUT2D eigenvalue weighted by Gasteiger charge is -2.07. The van der Waals surface area contributed by atoms with Crippen molar-refractivity contribution in [2.24, 2.45) is 7.05 Å². The van der Waals surface area contributed by atoms with E-state index in [9.17, 15) is 9.18 Å². The van der Waals surface area contributed by atoms with Crippen LogP contribution in [0, 0.1) is 5.82 Å². The predicted molar refractivity (Wildman–Crippen MR) is 78.6 cm³/mol. The summed E-state index contributed by atoms with van der Waals surface area (Å²) in [6, 6.07) is 12.8. The lowest BCUT2D eigenvalue weighted by molar-refractivity contribution is 0.102. The van der Waals surface area contributed by atoms with Gasteiger partial charge in [0.1, 0.15) is 5.82 Å². The Morgan fingerprint density at radius 1 is 1.14 bits per heavy atom. The Morgan fingerprint density at radius 3 is 2.50 bits per heavy atom. The first kappa shape index (κ1) is 13.9. The van der Waals surface area contributed by atoms with Crippen LogP contribution in [-0.4, -0.2) is 26.1 Å². The number of nitrogens with one attached hydrogen (secondary N) is 1. The average molecular weight is 297 g/mol. The fourth-order valence-electron chi connectivity index (χ4n) is 2.02. The minimum absolute atomic E-state index is 0.00378. The second-order valence-corrected chi connectivity index (χ2v) is 4.64. The van der Waals surface area contributed by atoms with Gasteiger partial charge in [0.25, 0.3) is 5.91 Å². The van der Waals surface area contributed by atoms with Crippen molar-refractivity contribution in [3.05, 3.63) is 59.9 Å². The molecule has 0 aliphatic carbocycles. The van der Waals surface area contributed by atoms with Crippen molar-refractivity contribution in [2.75, 3.05) is 5.32 Å². The van der Waals surface area contributed by atoms with Gasteiger partial charge in [-0.3, -0.25) is 4.79 Å². The summed E-state index contributed by atoms with van der Waals surface area (Å²) in [5.74, 6) is -0.431. The highest BCUT2D eigenvalue weighted by Gasteiger charge is 2.11. The number of hydrogen-bond donors (Lipinski definition) is 1. The molecule has 22 heavy (non-hydrogen) atoms. The van der Waals surface area contributed by atoms with Crippen LogP contribution in [0.2, 0.25) is 0 Å². The van der Waals surface area contributed by atoms with Gasteiger partial charge in [0, 0.05) is 18.3 Å². The van der Waals surface area contributed by atoms with Crippen molar-refractivity contribution in [1.82, 2.24) is 20.2 Å². The number of aromatic nitrogens is 4. The zero-order valence-electron chi connectivity index (χ0n) is 11.7. The molecule has 0 atom stereocenters. The summed E-state index contributed by atoms with van der Waals surface area (Å²) in [5.41, 5.74) is 1.38. The Balaban J connectivity index is 1.78. The van der Waals surface area contributed by atoms with Gasteiger partial charge in [-0.05, 0) is 46.8 Å². The Labute approximate surface area is 125 Å². The maximum atomic E-state index is 13.6. The van der Waals surface area contributed by atoms with Crippen LogP contribution in [0.15, 0.2) is 48.5 Å². The summed E-state index contributed by atoms with van der Waals surface area (Å²) in [6.45, 7) is 0. The highest BCUT2D eigenvalue weighted by Crippen LogP contribution is 2.19. The standard InChI is InChI=1S/C15H12FN5O/c1-21-14(18-19-20-21)10-6-8-11(9-7-10)17-15(22)12-4-2-3-5-13(12)16/h2-9H,1H3,(H,17,22). The maximum Gasteiger partial charge on any atom is 0.258 e. The number of anilines is 1. The molecule has 6 nitrogen and oxygen atoms in total. The van der Waals surface area contributed by atoms with Crippen LogP contribution in [0.1, 0.15) is 10.4 Å². The number of nitrogens with zero attached hydrogens (tertiary/aromatic N) is 4. The number of aryl methyl sites for hydroxylation is 1. The number of halogens is 1. The summed E-state index contributed by atoms with van der Waals surface area (Å²) >= 11 is 0. The SMILES string of the molecule is Cn1nnnc1-c1ccc(NC(=O)c2ccccc2F)cc1. The first-order valence-corrected chi connectivity index (χ1v) is 6.54. The monoisotopic (exact) mass is 297 g/mol. The topological polar surface area (TPSA) is 72.7 Å². The van der Waals surface area contributed by atoms with Gasteiger partial charge in [0.2, 0.25) is 0 Å². The van der Waals surface area contributed by atoms with E-state index in [2.05, 4.69) is 20.8 Å². The van der Waals surface area contributed by atoms with Gasteiger partial charge in [0.05, 0.1) is 5.56 Å². The third-order valence-corrected chi connectivity index (χ3v) is 3.14. The van der Waals surface area contributed by atoms with Gasteiger partial charge < -0.3 is 5.32 Å². The zero-order valence-corrected chi connectivity index (χ0v) is 11.7. The number of amides is 1. The average Bonchev–Trinajstić information content (AvgIpc) is 2.94. The van der Waals surface area contributed by atoms with E-state index in [4.69, 9.17) is 0 Å². The molecule has 110 valence electrons. The minimum atomic E-state index is -0.554. The Kier molecular flexibility index (Phi) is 3.61. The van der Waals surface area contributed by atoms with Crippen LogP contribution in [0.3, 0.4) is 0 Å². The molecule has 3 rings (SSSR count). The number of benzene rings is 2. The molecule has 0 saturated carbocycles. The summed E-state index contributed by atoms with van der Waals surface area (Å²) in [4.78, 5) is 12.0. The summed E-state index contributed by atoms with van der Waals surface area (Å²) < 4.78 is 15.1. The Morgan fingerprint density at radius 2 is 1.86 bits per heavy atom. The Hall–Kier alpha value is -3.09. The van der Waals surface area contributed by atoms with Gasteiger partial charge in [-0.25, -0.2) is 9.07 Å². The summed E-state index contributed by atoms with van der Waals surface area (Å²) in [5, 5.41) is 13.9. The van der Waals surface area contributed by atoms with Gasteiger partial charge in [-0.2, -0.15) is 0 Å². The van der Waals surface area contributed by atoms with E-state index in [1.165, 1.54) is 18.2 Å². The minimum Gasteiger partial charge on any atom is -0.322 e. The quantitative estimate of drug-likeness (QED) is 0.805. The first-order chi connectivity index (χ1) is 10.6. The number of carbonyl (C=O) groups excluding carboxylic acids is 1. The summed E-state index contributed by atoms with van der Waals surface area (Å²) in [7, 11) is 1.74. The molecule has 1 N–H and O–H groups in total. The lowest BCUT2D eigenvalue weighted by Crippen LogP contribution is -2.13. The second kappa shape index (κ2) is 5.72. The molecule has 0 fully saturated rings. The van der Waals surface area contributed by atoms with E-state index >= 15 is 0 Å². The molecule has 3 aromatic rings. The van der Waals surface area contributed by atoms with Crippen molar-refractivity contribution < 1.29 is 9.18 Å². The third kappa shape index (κ3) is 2.69. The predicted octanol–water partition coefficient (Wildman–Crippen LogP) is 2.27. The molecule has 0 spiro atoms. The third-order valence-electron chi connectivity index (χ3n) is 3.14. The van der Waals surface area contributed by atoms with E-state index in [-0.39, 0.29) is 5.56 Å². The normalized spacial score (nSPS) is 10.5. The molecule has 1 amide bonds. The molecule has 0 aliphatic heterocycles. The number of carbonyl (C=O) groups is 1. The van der Waals surface area contributed by atoms with E-state index in [0.717, 1.165) is 5.56 Å². The van der Waals surface area contributed by atoms with Crippen LogP contribution in [0.25, 0.3) is 11.4 Å². The smallest absolute Gasteiger partial charge is 0.258 e. The molecule has 1 heterocycles. The summed E-state index contributed by atoms with van der Waals surface area (Å²) in [6.07, 6.45) is 0.